The molecule has 0 radical (unpaired) electrons. The lowest BCUT2D eigenvalue weighted by Gasteiger charge is -2.06. The smallest absolute Gasteiger partial charge is 0.163 e. The van der Waals surface area contributed by atoms with Crippen molar-refractivity contribution in [2.45, 2.75) is 33.6 Å². The molecule has 0 aliphatic carbocycles. The third kappa shape index (κ3) is 2.99. The maximum atomic E-state index is 11.8. The zero-order valence-electron chi connectivity index (χ0n) is 9.21. The molecular formula is C13H18O. The highest BCUT2D eigenvalue weighted by atomic mass is 16.1. The van der Waals surface area contributed by atoms with Gasteiger partial charge >= 0.3 is 0 Å². The third-order valence-corrected chi connectivity index (χ3v) is 2.39. The Hall–Kier alpha value is -1.11. The first-order chi connectivity index (χ1) is 6.61. The summed E-state index contributed by atoms with van der Waals surface area (Å²) in [5, 5.41) is 0. The molecule has 0 saturated heterocycles. The fourth-order valence-electron chi connectivity index (χ4n) is 1.44. The molecule has 76 valence electrons. The molecule has 0 N–H and O–H groups in total. The second-order valence-electron chi connectivity index (χ2n) is 4.17. The molecule has 14 heavy (non-hydrogen) atoms. The van der Waals surface area contributed by atoms with Crippen molar-refractivity contribution in [2.24, 2.45) is 5.92 Å². The Balaban J connectivity index is 2.65. The van der Waals surface area contributed by atoms with Gasteiger partial charge in [0.25, 0.3) is 0 Å². The van der Waals surface area contributed by atoms with Crippen molar-refractivity contribution in [3.05, 3.63) is 35.4 Å². The van der Waals surface area contributed by atoms with E-state index < -0.39 is 0 Å². The maximum absolute atomic E-state index is 11.8. The number of Topliss-reactive ketones (excluding diaryl/α,β-unsaturated/α-hetero) is 1. The van der Waals surface area contributed by atoms with E-state index in [2.05, 4.69) is 13.8 Å². The van der Waals surface area contributed by atoms with Crippen LogP contribution in [0.2, 0.25) is 0 Å². The fourth-order valence-corrected chi connectivity index (χ4v) is 1.44. The summed E-state index contributed by atoms with van der Waals surface area (Å²) >= 11 is 0. The Morgan fingerprint density at radius 2 is 1.93 bits per heavy atom. The van der Waals surface area contributed by atoms with Gasteiger partial charge in [-0.3, -0.25) is 4.79 Å². The normalized spacial score (nSPS) is 10.6. The summed E-state index contributed by atoms with van der Waals surface area (Å²) in [4.78, 5) is 11.8. The minimum absolute atomic E-state index is 0.275. The van der Waals surface area contributed by atoms with E-state index in [1.807, 2.05) is 31.2 Å². The zero-order valence-corrected chi connectivity index (χ0v) is 9.21. The lowest BCUT2D eigenvalue weighted by molar-refractivity contribution is 0.0975. The van der Waals surface area contributed by atoms with Crippen LogP contribution in [0.4, 0.5) is 0 Å². The molecule has 0 fully saturated rings. The average molecular weight is 190 g/mol. The van der Waals surface area contributed by atoms with Crippen molar-refractivity contribution in [2.75, 3.05) is 0 Å². The summed E-state index contributed by atoms with van der Waals surface area (Å²) in [6.45, 7) is 6.28. The molecule has 0 spiro atoms. The van der Waals surface area contributed by atoms with Crippen LogP contribution >= 0.6 is 0 Å². The van der Waals surface area contributed by atoms with E-state index >= 15 is 0 Å². The number of carbonyl (C=O) groups is 1. The molecule has 1 aromatic carbocycles. The number of hydrogen-bond donors (Lipinski definition) is 0. The first kappa shape index (κ1) is 11.0. The van der Waals surface area contributed by atoms with Crippen molar-refractivity contribution in [3.63, 3.8) is 0 Å². The van der Waals surface area contributed by atoms with Gasteiger partial charge in [0.15, 0.2) is 5.78 Å². The largest absolute Gasteiger partial charge is 0.294 e. The van der Waals surface area contributed by atoms with Gasteiger partial charge in [-0.25, -0.2) is 0 Å². The SMILES string of the molecule is Cc1ccccc1C(=O)CCC(C)C. The minimum Gasteiger partial charge on any atom is -0.294 e. The van der Waals surface area contributed by atoms with Crippen molar-refractivity contribution in [1.29, 1.82) is 0 Å². The molecule has 0 unspecified atom stereocenters. The Morgan fingerprint density at radius 1 is 1.29 bits per heavy atom. The number of ketones is 1. The summed E-state index contributed by atoms with van der Waals surface area (Å²) in [6, 6.07) is 7.80. The molecule has 1 aromatic rings. The van der Waals surface area contributed by atoms with Crippen LogP contribution < -0.4 is 0 Å². The summed E-state index contributed by atoms with van der Waals surface area (Å²) in [5.74, 6) is 0.875. The molecule has 1 nitrogen and oxygen atoms in total. The van der Waals surface area contributed by atoms with E-state index in [-0.39, 0.29) is 5.78 Å². The monoisotopic (exact) mass is 190 g/mol. The highest BCUT2D eigenvalue weighted by molar-refractivity contribution is 5.97. The molecule has 0 aliphatic rings. The van der Waals surface area contributed by atoms with Gasteiger partial charge in [-0.15, -0.1) is 0 Å². The van der Waals surface area contributed by atoms with Crippen LogP contribution in [0.3, 0.4) is 0 Å². The Morgan fingerprint density at radius 3 is 2.50 bits per heavy atom. The van der Waals surface area contributed by atoms with Crippen LogP contribution in [0.5, 0.6) is 0 Å². The summed E-state index contributed by atoms with van der Waals surface area (Å²) < 4.78 is 0. The standard InChI is InChI=1S/C13H18O/c1-10(2)8-9-13(14)12-7-5-4-6-11(12)3/h4-7,10H,8-9H2,1-3H3. The first-order valence-electron chi connectivity index (χ1n) is 5.20. The number of carbonyl (C=O) groups excluding carboxylic acids is 1. The third-order valence-electron chi connectivity index (χ3n) is 2.39. The van der Waals surface area contributed by atoms with Crippen molar-refractivity contribution >= 4 is 5.78 Å². The summed E-state index contributed by atoms with van der Waals surface area (Å²) in [7, 11) is 0. The first-order valence-corrected chi connectivity index (χ1v) is 5.20. The predicted octanol–water partition coefficient (Wildman–Crippen LogP) is 3.61. The number of hydrogen-bond acceptors (Lipinski definition) is 1. The lowest BCUT2D eigenvalue weighted by Crippen LogP contribution is -2.03. The topological polar surface area (TPSA) is 17.1 Å². The van der Waals surface area contributed by atoms with Gasteiger partial charge in [0, 0.05) is 12.0 Å². The predicted molar refractivity (Wildman–Crippen MR) is 59.6 cm³/mol. The molecule has 1 rings (SSSR count). The quantitative estimate of drug-likeness (QED) is 0.663. The van der Waals surface area contributed by atoms with Crippen LogP contribution in [-0.4, -0.2) is 5.78 Å². The molecule has 1 heteroatoms. The van der Waals surface area contributed by atoms with Crippen molar-refractivity contribution in [1.82, 2.24) is 0 Å². The van der Waals surface area contributed by atoms with Crippen molar-refractivity contribution in [3.8, 4) is 0 Å². The van der Waals surface area contributed by atoms with Gasteiger partial charge in [0.2, 0.25) is 0 Å². The molecule has 0 heterocycles. The van der Waals surface area contributed by atoms with E-state index in [0.29, 0.717) is 12.3 Å². The molecule has 0 saturated carbocycles. The Bertz CT molecular complexity index is 313. The maximum Gasteiger partial charge on any atom is 0.163 e. The van der Waals surface area contributed by atoms with Gasteiger partial charge in [0.05, 0.1) is 0 Å². The van der Waals surface area contributed by atoms with E-state index in [1.54, 1.807) is 0 Å². The second-order valence-corrected chi connectivity index (χ2v) is 4.17. The molecule has 0 amide bonds. The molecule has 0 atom stereocenters. The van der Waals surface area contributed by atoms with Gasteiger partial charge in [-0.2, -0.15) is 0 Å². The molecular weight excluding hydrogens is 172 g/mol. The minimum atomic E-state index is 0.275. The zero-order chi connectivity index (χ0) is 10.6. The van der Waals surface area contributed by atoms with Crippen LogP contribution in [0.15, 0.2) is 24.3 Å². The van der Waals surface area contributed by atoms with E-state index in [0.717, 1.165) is 17.5 Å². The van der Waals surface area contributed by atoms with E-state index in [1.165, 1.54) is 0 Å². The summed E-state index contributed by atoms with van der Waals surface area (Å²) in [5.41, 5.74) is 1.97. The molecule has 0 bridgehead atoms. The van der Waals surface area contributed by atoms with E-state index in [4.69, 9.17) is 0 Å². The number of benzene rings is 1. The molecule has 0 aliphatic heterocycles. The average Bonchev–Trinajstić information content (AvgIpc) is 2.15. The second kappa shape index (κ2) is 4.94. The van der Waals surface area contributed by atoms with Crippen LogP contribution in [0.25, 0.3) is 0 Å². The van der Waals surface area contributed by atoms with E-state index in [9.17, 15) is 4.79 Å². The highest BCUT2D eigenvalue weighted by Gasteiger charge is 2.08. The molecule has 0 aromatic heterocycles. The summed E-state index contributed by atoms with van der Waals surface area (Å²) in [6.07, 6.45) is 1.65. The van der Waals surface area contributed by atoms with Crippen LogP contribution in [0, 0.1) is 12.8 Å². The van der Waals surface area contributed by atoms with Crippen LogP contribution in [-0.2, 0) is 0 Å². The Kier molecular flexibility index (Phi) is 3.87. The Labute approximate surface area is 86.1 Å². The van der Waals surface area contributed by atoms with Crippen LogP contribution in [0.1, 0.15) is 42.6 Å². The number of aryl methyl sites for hydroxylation is 1. The van der Waals surface area contributed by atoms with Gasteiger partial charge < -0.3 is 0 Å². The van der Waals surface area contributed by atoms with Gasteiger partial charge in [-0.05, 0) is 24.8 Å². The number of rotatable bonds is 4. The van der Waals surface area contributed by atoms with Gasteiger partial charge in [0.1, 0.15) is 0 Å². The lowest BCUT2D eigenvalue weighted by atomic mass is 9.98. The van der Waals surface area contributed by atoms with Gasteiger partial charge in [-0.1, -0.05) is 38.1 Å². The highest BCUT2D eigenvalue weighted by Crippen LogP contribution is 2.13. The fraction of sp³-hybridized carbons (Fsp3) is 0.462. The van der Waals surface area contributed by atoms with Crippen molar-refractivity contribution < 1.29 is 4.79 Å².